The van der Waals surface area contributed by atoms with Crippen LogP contribution in [0.5, 0.6) is 0 Å². The summed E-state index contributed by atoms with van der Waals surface area (Å²) < 4.78 is 0. The number of aldehydes is 1. The monoisotopic (exact) mass is 217 g/mol. The molecule has 0 saturated heterocycles. The minimum absolute atomic E-state index is 0.228. The molecule has 0 amide bonds. The Balaban J connectivity index is 3.43. The van der Waals surface area contributed by atoms with Crippen molar-refractivity contribution in [2.45, 2.75) is 19.8 Å². The van der Waals surface area contributed by atoms with Crippen LogP contribution in [-0.2, 0) is 17.6 Å². The van der Waals surface area contributed by atoms with E-state index in [2.05, 4.69) is 0 Å². The summed E-state index contributed by atoms with van der Waals surface area (Å²) in [5, 5.41) is 17.7. The molecule has 0 saturated carbocycles. The number of nitrogens with zero attached hydrogens (tertiary/aromatic N) is 1. The Labute approximate surface area is 93.1 Å². The fourth-order valence-electron chi connectivity index (χ4n) is 1.70. The molecule has 0 aromatic heterocycles. The number of hydrogen-bond donors (Lipinski definition) is 1. The number of nitriles is 1. The first kappa shape index (κ1) is 11.9. The topological polar surface area (TPSA) is 78.2 Å². The van der Waals surface area contributed by atoms with E-state index in [1.165, 1.54) is 6.07 Å². The van der Waals surface area contributed by atoms with Gasteiger partial charge < -0.3 is 5.11 Å². The fourth-order valence-corrected chi connectivity index (χ4v) is 1.70. The highest BCUT2D eigenvalue weighted by atomic mass is 16.4. The van der Waals surface area contributed by atoms with Crippen molar-refractivity contribution in [1.29, 1.82) is 5.26 Å². The molecule has 82 valence electrons. The minimum atomic E-state index is -1.01. The number of hydrogen-bond acceptors (Lipinski definition) is 3. The first-order valence-corrected chi connectivity index (χ1v) is 4.85. The first-order chi connectivity index (χ1) is 7.63. The van der Waals surface area contributed by atoms with Crippen molar-refractivity contribution >= 4 is 12.3 Å². The van der Waals surface area contributed by atoms with Gasteiger partial charge in [-0.25, -0.2) is 0 Å². The molecule has 1 aromatic rings. The van der Waals surface area contributed by atoms with Crippen LogP contribution < -0.4 is 0 Å². The third-order valence-corrected chi connectivity index (χ3v) is 2.40. The van der Waals surface area contributed by atoms with Crippen LogP contribution in [0, 0.1) is 11.3 Å². The van der Waals surface area contributed by atoms with Crippen LogP contribution in [0.4, 0.5) is 0 Å². The molecule has 0 atom stereocenters. The van der Waals surface area contributed by atoms with Gasteiger partial charge in [-0.2, -0.15) is 5.26 Å². The van der Waals surface area contributed by atoms with E-state index < -0.39 is 5.97 Å². The second-order valence-electron chi connectivity index (χ2n) is 3.31. The van der Waals surface area contributed by atoms with E-state index in [1.54, 1.807) is 6.07 Å². The zero-order chi connectivity index (χ0) is 12.1. The molecule has 0 radical (unpaired) electrons. The van der Waals surface area contributed by atoms with Gasteiger partial charge in [0.1, 0.15) is 6.29 Å². The Morgan fingerprint density at radius 2 is 2.19 bits per heavy atom. The van der Waals surface area contributed by atoms with Crippen LogP contribution in [0.2, 0.25) is 0 Å². The molecule has 1 aromatic carbocycles. The summed E-state index contributed by atoms with van der Waals surface area (Å²) in [4.78, 5) is 21.5. The summed E-state index contributed by atoms with van der Waals surface area (Å²) in [6, 6.07) is 4.99. The Morgan fingerprint density at radius 1 is 1.50 bits per heavy atom. The van der Waals surface area contributed by atoms with Crippen LogP contribution in [0.25, 0.3) is 0 Å². The van der Waals surface area contributed by atoms with E-state index in [0.717, 1.165) is 0 Å². The van der Waals surface area contributed by atoms with Crippen molar-refractivity contribution < 1.29 is 14.7 Å². The SMILES string of the molecule is CCc1c(C=O)ccc(C#N)c1CC(=O)O. The van der Waals surface area contributed by atoms with E-state index in [0.29, 0.717) is 35.0 Å². The summed E-state index contributed by atoms with van der Waals surface area (Å²) in [6.07, 6.45) is 0.991. The van der Waals surface area contributed by atoms with Crippen LogP contribution in [0.3, 0.4) is 0 Å². The highest BCUT2D eigenvalue weighted by Crippen LogP contribution is 2.19. The number of aliphatic carboxylic acids is 1. The number of carbonyl (C=O) groups excluding carboxylic acids is 1. The van der Waals surface area contributed by atoms with Crippen LogP contribution in [0.1, 0.15) is 34.0 Å². The molecule has 0 fully saturated rings. The van der Waals surface area contributed by atoms with Gasteiger partial charge >= 0.3 is 5.97 Å². The molecule has 4 heteroatoms. The summed E-state index contributed by atoms with van der Waals surface area (Å²) in [6.45, 7) is 1.83. The van der Waals surface area contributed by atoms with Crippen molar-refractivity contribution in [1.82, 2.24) is 0 Å². The van der Waals surface area contributed by atoms with Crippen molar-refractivity contribution in [2.75, 3.05) is 0 Å². The molecular formula is C12H11NO3. The molecule has 1 N–H and O–H groups in total. The zero-order valence-electron chi connectivity index (χ0n) is 8.86. The van der Waals surface area contributed by atoms with E-state index in [4.69, 9.17) is 10.4 Å². The molecule has 0 unspecified atom stereocenters. The number of rotatable bonds is 4. The summed E-state index contributed by atoms with van der Waals surface area (Å²) in [5.41, 5.74) is 1.88. The van der Waals surface area contributed by atoms with Crippen LogP contribution in [0.15, 0.2) is 12.1 Å². The summed E-state index contributed by atoms with van der Waals surface area (Å²) >= 11 is 0. The Hall–Kier alpha value is -2.15. The van der Waals surface area contributed by atoms with E-state index in [-0.39, 0.29) is 6.42 Å². The van der Waals surface area contributed by atoms with E-state index in [9.17, 15) is 9.59 Å². The average molecular weight is 217 g/mol. The number of benzene rings is 1. The lowest BCUT2D eigenvalue weighted by atomic mass is 9.93. The molecule has 0 aliphatic rings. The number of carboxylic acids is 1. The van der Waals surface area contributed by atoms with Gasteiger partial charge in [0.2, 0.25) is 0 Å². The molecule has 4 nitrogen and oxygen atoms in total. The largest absolute Gasteiger partial charge is 0.481 e. The molecule has 0 heterocycles. The van der Waals surface area contributed by atoms with Crippen LogP contribution >= 0.6 is 0 Å². The van der Waals surface area contributed by atoms with Crippen molar-refractivity contribution in [3.05, 3.63) is 34.4 Å². The first-order valence-electron chi connectivity index (χ1n) is 4.85. The molecule has 0 spiro atoms. The third-order valence-electron chi connectivity index (χ3n) is 2.40. The lowest BCUT2D eigenvalue weighted by molar-refractivity contribution is -0.136. The van der Waals surface area contributed by atoms with Crippen molar-refractivity contribution in [3.63, 3.8) is 0 Å². The van der Waals surface area contributed by atoms with Gasteiger partial charge in [-0.05, 0) is 23.6 Å². The summed E-state index contributed by atoms with van der Waals surface area (Å²) in [7, 11) is 0. The lowest BCUT2D eigenvalue weighted by Gasteiger charge is -2.10. The maximum Gasteiger partial charge on any atom is 0.307 e. The smallest absolute Gasteiger partial charge is 0.307 e. The Bertz CT molecular complexity index is 472. The molecule has 16 heavy (non-hydrogen) atoms. The van der Waals surface area contributed by atoms with Gasteiger partial charge in [0.25, 0.3) is 0 Å². The van der Waals surface area contributed by atoms with Crippen LogP contribution in [-0.4, -0.2) is 17.4 Å². The normalized spacial score (nSPS) is 9.50. The van der Waals surface area contributed by atoms with Gasteiger partial charge in [-0.15, -0.1) is 0 Å². The second kappa shape index (κ2) is 5.08. The van der Waals surface area contributed by atoms with Gasteiger partial charge in [-0.1, -0.05) is 13.0 Å². The Morgan fingerprint density at radius 3 is 2.62 bits per heavy atom. The van der Waals surface area contributed by atoms with Gasteiger partial charge in [0.05, 0.1) is 18.1 Å². The van der Waals surface area contributed by atoms with Crippen molar-refractivity contribution in [3.8, 4) is 6.07 Å². The zero-order valence-corrected chi connectivity index (χ0v) is 8.86. The van der Waals surface area contributed by atoms with Gasteiger partial charge in [0.15, 0.2) is 0 Å². The highest BCUT2D eigenvalue weighted by Gasteiger charge is 2.14. The highest BCUT2D eigenvalue weighted by molar-refractivity contribution is 5.81. The summed E-state index contributed by atoms with van der Waals surface area (Å²) in [5.74, 6) is -1.01. The fraction of sp³-hybridized carbons (Fsp3) is 0.250. The quantitative estimate of drug-likeness (QED) is 0.776. The Kier molecular flexibility index (Phi) is 3.78. The molecule has 1 rings (SSSR count). The molecular weight excluding hydrogens is 206 g/mol. The van der Waals surface area contributed by atoms with E-state index in [1.807, 2.05) is 13.0 Å². The second-order valence-corrected chi connectivity index (χ2v) is 3.31. The minimum Gasteiger partial charge on any atom is -0.481 e. The number of carbonyl (C=O) groups is 2. The molecule has 0 aliphatic heterocycles. The predicted octanol–water partition coefficient (Wildman–Crippen LogP) is 1.56. The average Bonchev–Trinajstić information content (AvgIpc) is 2.27. The third kappa shape index (κ3) is 2.26. The van der Waals surface area contributed by atoms with Gasteiger partial charge in [-0.3, -0.25) is 9.59 Å². The molecule has 0 bridgehead atoms. The van der Waals surface area contributed by atoms with Crippen molar-refractivity contribution in [2.24, 2.45) is 0 Å². The predicted molar refractivity (Wildman–Crippen MR) is 57.3 cm³/mol. The number of carboxylic acid groups (broad SMARTS) is 1. The maximum absolute atomic E-state index is 10.8. The van der Waals surface area contributed by atoms with E-state index >= 15 is 0 Å². The van der Waals surface area contributed by atoms with Gasteiger partial charge in [0, 0.05) is 5.56 Å². The molecule has 0 aliphatic carbocycles. The lowest BCUT2D eigenvalue weighted by Crippen LogP contribution is -2.08. The maximum atomic E-state index is 10.8. The standard InChI is InChI=1S/C12H11NO3/c1-2-10-9(7-14)4-3-8(6-13)11(10)5-12(15)16/h3-4,7H,2,5H2,1H3,(H,15,16).